The van der Waals surface area contributed by atoms with Crippen LogP contribution >= 0.6 is 23.2 Å². The number of sulfonamides is 1. The summed E-state index contributed by atoms with van der Waals surface area (Å²) in [5.74, 6) is -0.371. The Hall–Kier alpha value is -0.860. The number of nitrogens with one attached hydrogen (secondary N) is 2. The quantitative estimate of drug-likeness (QED) is 0.840. The largest absolute Gasteiger partial charge is 0.358 e. The lowest BCUT2D eigenvalue weighted by molar-refractivity contribution is -0.124. The van der Waals surface area contributed by atoms with E-state index in [-0.39, 0.29) is 33.9 Å². The summed E-state index contributed by atoms with van der Waals surface area (Å²) in [6, 6.07) is 3.59. The molecule has 9 heteroatoms. The minimum absolute atomic E-state index is 0.0339. The maximum absolute atomic E-state index is 12.8. The zero-order valence-corrected chi connectivity index (χ0v) is 13.6. The number of carbonyl (C=O) groups is 1. The Morgan fingerprint density at radius 1 is 1.43 bits per heavy atom. The van der Waals surface area contributed by atoms with Crippen molar-refractivity contribution in [1.82, 2.24) is 14.9 Å². The highest BCUT2D eigenvalue weighted by Crippen LogP contribution is 2.31. The molecule has 1 aliphatic heterocycles. The standard InChI is InChI=1S/C12H15Cl2N3O3S/c1-15-12(18)9-7-16-5-6-17(9)21(19,20)10-4-2-3-8(13)11(10)14/h2-4,9,16H,5-7H2,1H3,(H,15,18). The predicted octanol–water partition coefficient (Wildman–Crippen LogP) is 0.702. The smallest absolute Gasteiger partial charge is 0.245 e. The van der Waals surface area contributed by atoms with Gasteiger partial charge >= 0.3 is 0 Å². The third-order valence-electron chi connectivity index (χ3n) is 3.25. The van der Waals surface area contributed by atoms with Crippen molar-refractivity contribution < 1.29 is 13.2 Å². The van der Waals surface area contributed by atoms with Crippen LogP contribution in [0.3, 0.4) is 0 Å². The molecule has 2 rings (SSSR count). The van der Waals surface area contributed by atoms with Crippen LogP contribution in [0.25, 0.3) is 0 Å². The second kappa shape index (κ2) is 6.50. The molecule has 1 unspecified atom stereocenters. The highest BCUT2D eigenvalue weighted by atomic mass is 35.5. The normalized spacial score (nSPS) is 20.2. The van der Waals surface area contributed by atoms with E-state index in [9.17, 15) is 13.2 Å². The highest BCUT2D eigenvalue weighted by Gasteiger charge is 2.38. The van der Waals surface area contributed by atoms with Gasteiger partial charge in [-0.3, -0.25) is 4.79 Å². The number of amides is 1. The van der Waals surface area contributed by atoms with E-state index in [0.29, 0.717) is 6.54 Å². The molecule has 116 valence electrons. The van der Waals surface area contributed by atoms with Gasteiger partial charge in [-0.2, -0.15) is 4.31 Å². The molecule has 0 saturated carbocycles. The van der Waals surface area contributed by atoms with E-state index in [1.165, 1.54) is 25.2 Å². The number of piperazine rings is 1. The van der Waals surface area contributed by atoms with Crippen LogP contribution in [0.4, 0.5) is 0 Å². The Bertz CT molecular complexity index is 651. The first-order valence-corrected chi connectivity index (χ1v) is 8.47. The van der Waals surface area contributed by atoms with Crippen molar-refractivity contribution in [2.45, 2.75) is 10.9 Å². The van der Waals surface area contributed by atoms with Crippen LogP contribution in [0.1, 0.15) is 0 Å². The van der Waals surface area contributed by atoms with Crippen molar-refractivity contribution in [3.8, 4) is 0 Å². The molecule has 0 aromatic heterocycles. The van der Waals surface area contributed by atoms with E-state index in [2.05, 4.69) is 10.6 Å². The minimum atomic E-state index is -3.90. The van der Waals surface area contributed by atoms with Gasteiger partial charge in [-0.15, -0.1) is 0 Å². The SMILES string of the molecule is CNC(=O)C1CNCCN1S(=O)(=O)c1cccc(Cl)c1Cl. The Balaban J connectivity index is 2.46. The number of benzene rings is 1. The van der Waals surface area contributed by atoms with E-state index >= 15 is 0 Å². The summed E-state index contributed by atoms with van der Waals surface area (Å²) in [6.45, 7) is 0.894. The molecule has 1 aliphatic rings. The average molecular weight is 352 g/mol. The molecule has 6 nitrogen and oxygen atoms in total. The van der Waals surface area contributed by atoms with E-state index < -0.39 is 16.1 Å². The average Bonchev–Trinajstić information content (AvgIpc) is 2.49. The van der Waals surface area contributed by atoms with Crippen molar-refractivity contribution in [2.24, 2.45) is 0 Å². The molecular weight excluding hydrogens is 337 g/mol. The summed E-state index contributed by atoms with van der Waals surface area (Å²) in [4.78, 5) is 11.8. The van der Waals surface area contributed by atoms with Gasteiger partial charge < -0.3 is 10.6 Å². The molecule has 1 saturated heterocycles. The van der Waals surface area contributed by atoms with Crippen LogP contribution in [0.5, 0.6) is 0 Å². The van der Waals surface area contributed by atoms with Crippen LogP contribution in [0.2, 0.25) is 10.0 Å². The van der Waals surface area contributed by atoms with Gasteiger partial charge in [-0.25, -0.2) is 8.42 Å². The highest BCUT2D eigenvalue weighted by molar-refractivity contribution is 7.89. The summed E-state index contributed by atoms with van der Waals surface area (Å²) in [6.07, 6.45) is 0. The van der Waals surface area contributed by atoms with Crippen LogP contribution in [0.15, 0.2) is 23.1 Å². The summed E-state index contributed by atoms with van der Waals surface area (Å²) in [5.41, 5.74) is 0. The fourth-order valence-electron chi connectivity index (χ4n) is 2.17. The summed E-state index contributed by atoms with van der Waals surface area (Å²) in [7, 11) is -2.44. The van der Waals surface area contributed by atoms with E-state index in [1.807, 2.05) is 0 Å². The van der Waals surface area contributed by atoms with Crippen molar-refractivity contribution in [1.29, 1.82) is 0 Å². The van der Waals surface area contributed by atoms with Gasteiger partial charge in [0.05, 0.1) is 10.0 Å². The fourth-order valence-corrected chi connectivity index (χ4v) is 4.50. The van der Waals surface area contributed by atoms with Crippen LogP contribution in [-0.2, 0) is 14.8 Å². The Morgan fingerprint density at radius 3 is 2.81 bits per heavy atom. The minimum Gasteiger partial charge on any atom is -0.358 e. The van der Waals surface area contributed by atoms with Crippen LogP contribution < -0.4 is 10.6 Å². The lowest BCUT2D eigenvalue weighted by Crippen LogP contribution is -2.59. The topological polar surface area (TPSA) is 78.5 Å². The van der Waals surface area contributed by atoms with Gasteiger partial charge in [0, 0.05) is 26.7 Å². The second-order valence-corrected chi connectivity index (χ2v) is 7.15. The molecule has 1 fully saturated rings. The zero-order valence-electron chi connectivity index (χ0n) is 11.3. The maximum Gasteiger partial charge on any atom is 0.245 e. The Labute approximate surface area is 133 Å². The fraction of sp³-hybridized carbons (Fsp3) is 0.417. The molecule has 1 amide bonds. The van der Waals surface area contributed by atoms with Crippen molar-refractivity contribution >= 4 is 39.1 Å². The molecule has 0 radical (unpaired) electrons. The first kappa shape index (κ1) is 16.5. The summed E-state index contributed by atoms with van der Waals surface area (Å²) < 4.78 is 26.7. The van der Waals surface area contributed by atoms with Gasteiger partial charge in [0.15, 0.2) is 0 Å². The van der Waals surface area contributed by atoms with Crippen molar-refractivity contribution in [2.75, 3.05) is 26.7 Å². The summed E-state index contributed by atoms with van der Waals surface area (Å²) in [5, 5.41) is 5.60. The molecular formula is C12H15Cl2N3O3S. The maximum atomic E-state index is 12.8. The van der Waals surface area contributed by atoms with Crippen molar-refractivity contribution in [3.63, 3.8) is 0 Å². The number of nitrogens with zero attached hydrogens (tertiary/aromatic N) is 1. The Kier molecular flexibility index (Phi) is 5.11. The molecule has 1 aromatic carbocycles. The first-order valence-electron chi connectivity index (χ1n) is 6.27. The van der Waals surface area contributed by atoms with E-state index in [0.717, 1.165) is 4.31 Å². The third kappa shape index (κ3) is 3.17. The van der Waals surface area contributed by atoms with Crippen molar-refractivity contribution in [3.05, 3.63) is 28.2 Å². The molecule has 0 bridgehead atoms. The zero-order chi connectivity index (χ0) is 15.6. The monoisotopic (exact) mass is 351 g/mol. The Morgan fingerprint density at radius 2 is 2.14 bits per heavy atom. The molecule has 21 heavy (non-hydrogen) atoms. The second-order valence-electron chi connectivity index (χ2n) is 4.50. The molecule has 0 aliphatic carbocycles. The number of halogens is 2. The van der Waals surface area contributed by atoms with Gasteiger partial charge in [0.1, 0.15) is 10.9 Å². The van der Waals surface area contributed by atoms with Gasteiger partial charge in [-0.05, 0) is 12.1 Å². The van der Waals surface area contributed by atoms with E-state index in [1.54, 1.807) is 0 Å². The number of hydrogen-bond acceptors (Lipinski definition) is 4. The lowest BCUT2D eigenvalue weighted by atomic mass is 10.2. The number of likely N-dealkylation sites (N-methyl/N-ethyl adjacent to an activating group) is 1. The van der Waals surface area contributed by atoms with Crippen LogP contribution in [0, 0.1) is 0 Å². The first-order chi connectivity index (χ1) is 9.89. The molecule has 1 heterocycles. The van der Waals surface area contributed by atoms with Gasteiger partial charge in [0.2, 0.25) is 15.9 Å². The molecule has 1 atom stereocenters. The third-order valence-corrected chi connectivity index (χ3v) is 6.13. The van der Waals surface area contributed by atoms with Crippen LogP contribution in [-0.4, -0.2) is 51.4 Å². The predicted molar refractivity (Wildman–Crippen MR) is 81.1 cm³/mol. The van der Waals surface area contributed by atoms with Gasteiger partial charge in [0.25, 0.3) is 0 Å². The lowest BCUT2D eigenvalue weighted by Gasteiger charge is -2.34. The summed E-state index contributed by atoms with van der Waals surface area (Å²) >= 11 is 11.9. The number of carbonyl (C=O) groups excluding carboxylic acids is 1. The molecule has 1 aromatic rings. The van der Waals surface area contributed by atoms with E-state index in [4.69, 9.17) is 23.2 Å². The molecule has 0 spiro atoms. The number of rotatable bonds is 3. The van der Waals surface area contributed by atoms with Gasteiger partial charge in [-0.1, -0.05) is 29.3 Å². The molecule has 2 N–H and O–H groups in total. The number of hydrogen-bond donors (Lipinski definition) is 2.